The molecule has 2 aromatic carbocycles. The molecule has 0 amide bonds. The lowest BCUT2D eigenvalue weighted by Crippen LogP contribution is -2.06. The van der Waals surface area contributed by atoms with E-state index >= 15 is 0 Å². The summed E-state index contributed by atoms with van der Waals surface area (Å²) in [4.78, 5) is 8.61. The monoisotopic (exact) mass is 267 g/mol. The highest BCUT2D eigenvalue weighted by molar-refractivity contribution is 6.26. The van der Waals surface area contributed by atoms with E-state index in [-0.39, 0.29) is 5.48 Å². The fourth-order valence-electron chi connectivity index (χ4n) is 2.40. The molecule has 0 atom stereocenters. The molecule has 2 heterocycles. The quantitative estimate of drug-likeness (QED) is 0.727. The average Bonchev–Trinajstić information content (AvgIpc) is 2.97. The van der Waals surface area contributed by atoms with E-state index in [4.69, 9.17) is 0 Å². The van der Waals surface area contributed by atoms with Gasteiger partial charge in [-0.2, -0.15) is 9.98 Å². The van der Waals surface area contributed by atoms with Crippen LogP contribution in [0.4, 0.5) is 11.6 Å². The Balaban J connectivity index is 0.00000121. The van der Waals surface area contributed by atoms with Crippen LogP contribution < -0.4 is 5.32 Å². The molecule has 0 spiro atoms. The zero-order valence-corrected chi connectivity index (χ0v) is 10.8. The Morgan fingerprint density at radius 3 is 2.70 bits per heavy atom. The number of nitrogens with zero attached hydrogens (tertiary/aromatic N) is 4. The first-order valence-corrected chi connectivity index (χ1v) is 6.05. The molecule has 1 aromatic heterocycles. The van der Waals surface area contributed by atoms with Crippen molar-refractivity contribution in [3.05, 3.63) is 48.3 Å². The molecular formula is C14H13N5O. The van der Waals surface area contributed by atoms with Gasteiger partial charge < -0.3 is 10.8 Å². The fourth-order valence-corrected chi connectivity index (χ4v) is 2.40. The number of amidine groups is 1. The van der Waals surface area contributed by atoms with Crippen LogP contribution in [0.1, 0.15) is 5.56 Å². The lowest BCUT2D eigenvalue weighted by Gasteiger charge is -1.98. The van der Waals surface area contributed by atoms with Crippen LogP contribution in [-0.2, 0) is 7.05 Å². The number of hydrogen-bond donors (Lipinski definition) is 1. The van der Waals surface area contributed by atoms with Crippen LogP contribution in [0.25, 0.3) is 10.8 Å². The first-order valence-electron chi connectivity index (χ1n) is 6.05. The largest absolute Gasteiger partial charge is 0.412 e. The highest BCUT2D eigenvalue weighted by Crippen LogP contribution is 2.33. The number of rotatable bonds is 1. The van der Waals surface area contributed by atoms with Crippen molar-refractivity contribution < 1.29 is 5.48 Å². The number of aryl methyl sites for hydroxylation is 1. The summed E-state index contributed by atoms with van der Waals surface area (Å²) in [7, 11) is 1.83. The topological polar surface area (TPSA) is 86.6 Å². The normalized spacial score (nSPS) is 14.3. The van der Waals surface area contributed by atoms with Crippen LogP contribution in [0.3, 0.4) is 0 Å². The van der Waals surface area contributed by atoms with Crippen LogP contribution >= 0.6 is 0 Å². The van der Waals surface area contributed by atoms with Crippen molar-refractivity contribution in [2.75, 3.05) is 5.32 Å². The van der Waals surface area contributed by atoms with Gasteiger partial charge in [-0.25, -0.2) is 0 Å². The molecule has 4 rings (SSSR count). The molecule has 6 nitrogen and oxygen atoms in total. The van der Waals surface area contributed by atoms with Crippen molar-refractivity contribution in [2.45, 2.75) is 0 Å². The number of nitrogens with one attached hydrogen (secondary N) is 1. The third-order valence-corrected chi connectivity index (χ3v) is 3.21. The molecule has 3 N–H and O–H groups in total. The molecule has 0 saturated heterocycles. The Morgan fingerprint density at radius 2 is 1.95 bits per heavy atom. The predicted octanol–water partition coefficient (Wildman–Crippen LogP) is 1.65. The van der Waals surface area contributed by atoms with Crippen LogP contribution in [0, 0.1) is 0 Å². The SMILES string of the molecule is Cn1cnc(/N=C2\Nc3cccc4cccc2c34)n1.O. The lowest BCUT2D eigenvalue weighted by molar-refractivity contribution is 0.766. The molecule has 0 saturated carbocycles. The second-order valence-corrected chi connectivity index (χ2v) is 4.51. The van der Waals surface area contributed by atoms with Gasteiger partial charge in [-0.3, -0.25) is 4.68 Å². The number of hydrogen-bond acceptors (Lipinski definition) is 3. The van der Waals surface area contributed by atoms with Crippen LogP contribution in [0.5, 0.6) is 0 Å². The van der Waals surface area contributed by atoms with Crippen LogP contribution in [0.2, 0.25) is 0 Å². The Hall–Kier alpha value is -2.73. The van der Waals surface area contributed by atoms with Gasteiger partial charge in [-0.1, -0.05) is 30.3 Å². The van der Waals surface area contributed by atoms with Gasteiger partial charge in [-0.05, 0) is 11.5 Å². The van der Waals surface area contributed by atoms with Gasteiger partial charge in [0, 0.05) is 23.7 Å². The van der Waals surface area contributed by atoms with E-state index in [1.807, 2.05) is 19.2 Å². The third-order valence-electron chi connectivity index (χ3n) is 3.21. The molecule has 0 bridgehead atoms. The molecule has 0 aliphatic carbocycles. The third kappa shape index (κ3) is 1.74. The first-order chi connectivity index (χ1) is 9.31. The van der Waals surface area contributed by atoms with Crippen LogP contribution in [-0.4, -0.2) is 26.1 Å². The highest BCUT2D eigenvalue weighted by Gasteiger charge is 2.19. The van der Waals surface area contributed by atoms with E-state index in [1.165, 1.54) is 10.8 Å². The molecule has 0 unspecified atom stereocenters. The molecule has 100 valence electrons. The zero-order valence-electron chi connectivity index (χ0n) is 10.8. The number of aromatic nitrogens is 3. The minimum absolute atomic E-state index is 0. The van der Waals surface area contributed by atoms with Gasteiger partial charge in [0.15, 0.2) is 0 Å². The summed E-state index contributed by atoms with van der Waals surface area (Å²) in [6, 6.07) is 12.4. The van der Waals surface area contributed by atoms with Gasteiger partial charge in [0.2, 0.25) is 0 Å². The van der Waals surface area contributed by atoms with Crippen molar-refractivity contribution in [2.24, 2.45) is 12.0 Å². The number of benzene rings is 2. The molecule has 0 radical (unpaired) electrons. The first kappa shape index (κ1) is 12.3. The number of aliphatic imine (C=N–C) groups is 1. The van der Waals surface area contributed by atoms with Crippen molar-refractivity contribution in [1.29, 1.82) is 0 Å². The zero-order chi connectivity index (χ0) is 12.8. The predicted molar refractivity (Wildman–Crippen MR) is 78.4 cm³/mol. The summed E-state index contributed by atoms with van der Waals surface area (Å²) in [5.41, 5.74) is 2.18. The summed E-state index contributed by atoms with van der Waals surface area (Å²) >= 11 is 0. The Morgan fingerprint density at radius 1 is 1.15 bits per heavy atom. The van der Waals surface area contributed by atoms with Crippen molar-refractivity contribution in [1.82, 2.24) is 14.8 Å². The van der Waals surface area contributed by atoms with E-state index in [0.717, 1.165) is 17.1 Å². The second-order valence-electron chi connectivity index (χ2n) is 4.51. The molecule has 6 heteroatoms. The molecule has 0 fully saturated rings. The number of anilines is 1. The standard InChI is InChI=1S/C14H11N5.H2O/c1-19-8-15-14(18-19)17-13-10-6-2-4-9-5-3-7-11(16-13)12(9)10;/h2-8H,1H3,(H,16,17,18);1H2. The molecule has 1 aliphatic rings. The lowest BCUT2D eigenvalue weighted by atomic mass is 10.1. The summed E-state index contributed by atoms with van der Waals surface area (Å²) in [5.74, 6) is 1.27. The molecule has 20 heavy (non-hydrogen) atoms. The summed E-state index contributed by atoms with van der Waals surface area (Å²) in [6.45, 7) is 0. The van der Waals surface area contributed by atoms with E-state index < -0.39 is 0 Å². The Bertz CT molecular complexity index is 816. The molecule has 3 aromatic rings. The molecule has 1 aliphatic heterocycles. The van der Waals surface area contributed by atoms with E-state index in [9.17, 15) is 0 Å². The highest BCUT2D eigenvalue weighted by atomic mass is 16.0. The summed E-state index contributed by atoms with van der Waals surface area (Å²) < 4.78 is 1.64. The maximum absolute atomic E-state index is 4.48. The van der Waals surface area contributed by atoms with Crippen molar-refractivity contribution in [3.63, 3.8) is 0 Å². The minimum Gasteiger partial charge on any atom is -0.412 e. The maximum Gasteiger partial charge on any atom is 0.270 e. The van der Waals surface area contributed by atoms with E-state index in [0.29, 0.717) is 5.95 Å². The Labute approximate surface area is 115 Å². The van der Waals surface area contributed by atoms with E-state index in [1.54, 1.807) is 11.0 Å². The molecular weight excluding hydrogens is 254 g/mol. The van der Waals surface area contributed by atoms with E-state index in [2.05, 4.69) is 44.7 Å². The second kappa shape index (κ2) is 4.43. The van der Waals surface area contributed by atoms with Gasteiger partial charge in [-0.15, -0.1) is 5.10 Å². The van der Waals surface area contributed by atoms with Gasteiger partial charge in [0.1, 0.15) is 12.2 Å². The summed E-state index contributed by atoms with van der Waals surface area (Å²) in [5, 5.41) is 9.92. The van der Waals surface area contributed by atoms with Gasteiger partial charge in [0.25, 0.3) is 5.95 Å². The average molecular weight is 267 g/mol. The summed E-state index contributed by atoms with van der Waals surface area (Å²) in [6.07, 6.45) is 1.64. The van der Waals surface area contributed by atoms with Crippen molar-refractivity contribution >= 4 is 28.2 Å². The smallest absolute Gasteiger partial charge is 0.270 e. The van der Waals surface area contributed by atoms with Gasteiger partial charge in [0.05, 0.1) is 0 Å². The maximum atomic E-state index is 4.48. The van der Waals surface area contributed by atoms with Crippen molar-refractivity contribution in [3.8, 4) is 0 Å². The van der Waals surface area contributed by atoms with Gasteiger partial charge >= 0.3 is 0 Å². The van der Waals surface area contributed by atoms with Crippen LogP contribution in [0.15, 0.2) is 47.7 Å². The Kier molecular flexibility index (Phi) is 2.73. The minimum atomic E-state index is 0. The fraction of sp³-hybridized carbons (Fsp3) is 0.0714.